The van der Waals surface area contributed by atoms with Gasteiger partial charge in [-0.15, -0.1) is 0 Å². The minimum Gasteiger partial charge on any atom is -0.497 e. The number of nitrogens with zero attached hydrogens (tertiary/aromatic N) is 1. The highest BCUT2D eigenvalue weighted by Gasteiger charge is 2.21. The van der Waals surface area contributed by atoms with Crippen molar-refractivity contribution in [2.45, 2.75) is 6.42 Å². The van der Waals surface area contributed by atoms with Gasteiger partial charge in [-0.1, -0.05) is 12.1 Å². The molecule has 0 bridgehead atoms. The van der Waals surface area contributed by atoms with Gasteiger partial charge in [0, 0.05) is 35.8 Å². The van der Waals surface area contributed by atoms with Crippen molar-refractivity contribution < 1.29 is 19.2 Å². The first-order valence-corrected chi connectivity index (χ1v) is 8.20. The predicted octanol–water partition coefficient (Wildman–Crippen LogP) is 2.63. The quantitative estimate of drug-likeness (QED) is 0.288. The molecule has 0 unspecified atom stereocenters. The number of rotatable bonds is 7. The average molecular weight is 367 g/mol. The highest BCUT2D eigenvalue weighted by atomic mass is 16.6. The number of ether oxygens (including phenoxy) is 1. The number of carbonyl (C=O) groups is 2. The Morgan fingerprint density at radius 2 is 2.04 bits per heavy atom. The van der Waals surface area contributed by atoms with Crippen LogP contribution < -0.4 is 10.1 Å². The van der Waals surface area contributed by atoms with Crippen molar-refractivity contribution in [3.8, 4) is 5.75 Å². The maximum atomic E-state index is 12.4. The lowest BCUT2D eigenvalue weighted by Crippen LogP contribution is -2.32. The zero-order valence-electron chi connectivity index (χ0n) is 14.5. The largest absolute Gasteiger partial charge is 0.497 e. The number of amides is 1. The molecule has 3 rings (SSSR count). The molecule has 1 aromatic heterocycles. The Balaban J connectivity index is 1.68. The highest BCUT2D eigenvalue weighted by molar-refractivity contribution is 6.45. The molecular weight excluding hydrogens is 350 g/mol. The Morgan fingerprint density at radius 3 is 2.78 bits per heavy atom. The summed E-state index contributed by atoms with van der Waals surface area (Å²) >= 11 is 0. The molecule has 2 N–H and O–H groups in total. The highest BCUT2D eigenvalue weighted by Crippen LogP contribution is 2.24. The molecule has 0 fully saturated rings. The zero-order chi connectivity index (χ0) is 19.4. The van der Waals surface area contributed by atoms with Crippen LogP contribution in [0, 0.1) is 10.1 Å². The van der Waals surface area contributed by atoms with E-state index in [2.05, 4.69) is 10.3 Å². The Hall–Kier alpha value is -3.68. The van der Waals surface area contributed by atoms with Crippen molar-refractivity contribution in [3.05, 3.63) is 69.9 Å². The number of methoxy groups -OCH3 is 1. The van der Waals surface area contributed by atoms with Crippen molar-refractivity contribution in [3.63, 3.8) is 0 Å². The van der Waals surface area contributed by atoms with Gasteiger partial charge in [-0.2, -0.15) is 0 Å². The van der Waals surface area contributed by atoms with Crippen molar-refractivity contribution in [1.82, 2.24) is 10.3 Å². The maximum absolute atomic E-state index is 12.4. The van der Waals surface area contributed by atoms with Gasteiger partial charge < -0.3 is 15.0 Å². The minimum atomic E-state index is -0.759. The van der Waals surface area contributed by atoms with Crippen LogP contribution in [0.4, 0.5) is 5.69 Å². The number of aromatic nitrogens is 1. The van der Waals surface area contributed by atoms with E-state index in [9.17, 15) is 19.7 Å². The van der Waals surface area contributed by atoms with Gasteiger partial charge in [0.25, 0.3) is 17.4 Å². The van der Waals surface area contributed by atoms with E-state index in [-0.39, 0.29) is 17.8 Å². The average Bonchev–Trinajstić information content (AvgIpc) is 3.10. The molecule has 8 heteroatoms. The lowest BCUT2D eigenvalue weighted by atomic mass is 10.1. The van der Waals surface area contributed by atoms with E-state index in [1.54, 1.807) is 7.11 Å². The van der Waals surface area contributed by atoms with Gasteiger partial charge in [0.1, 0.15) is 5.75 Å². The molecule has 8 nitrogen and oxygen atoms in total. The number of nitro benzene ring substituents is 1. The van der Waals surface area contributed by atoms with Gasteiger partial charge in [0.2, 0.25) is 0 Å². The van der Waals surface area contributed by atoms with E-state index in [0.29, 0.717) is 17.3 Å². The van der Waals surface area contributed by atoms with Gasteiger partial charge in [0.15, 0.2) is 0 Å². The molecule has 0 aliphatic carbocycles. The van der Waals surface area contributed by atoms with E-state index >= 15 is 0 Å². The molecule has 0 saturated carbocycles. The molecular formula is C19H17N3O5. The SMILES string of the molecule is COc1cccc(CCNC(=O)C(=O)c2c[nH]c3ccc([N+](=O)[O-])cc23)c1. The molecule has 0 aliphatic rings. The number of hydrogen-bond donors (Lipinski definition) is 2. The van der Waals surface area contributed by atoms with Crippen molar-refractivity contribution in [2.75, 3.05) is 13.7 Å². The molecule has 0 atom stereocenters. The molecule has 27 heavy (non-hydrogen) atoms. The lowest BCUT2D eigenvalue weighted by molar-refractivity contribution is -0.384. The Kier molecular flexibility index (Phi) is 5.16. The number of Topliss-reactive ketones (excluding diaryl/α,β-unsaturated/α-hetero) is 1. The second-order valence-electron chi connectivity index (χ2n) is 5.88. The van der Waals surface area contributed by atoms with Crippen LogP contribution in [-0.2, 0) is 11.2 Å². The van der Waals surface area contributed by atoms with Gasteiger partial charge in [-0.25, -0.2) is 0 Å². The van der Waals surface area contributed by atoms with Crippen LogP contribution in [0.3, 0.4) is 0 Å². The summed E-state index contributed by atoms with van der Waals surface area (Å²) in [7, 11) is 1.57. The number of fused-ring (bicyclic) bond motifs is 1. The summed E-state index contributed by atoms with van der Waals surface area (Å²) in [5.74, 6) is -0.784. The smallest absolute Gasteiger partial charge is 0.292 e. The standard InChI is InChI=1S/C19H17N3O5/c1-27-14-4-2-3-12(9-14)7-8-20-19(24)18(23)16-11-21-17-6-5-13(22(25)26)10-15(16)17/h2-6,9-11,21H,7-8H2,1H3,(H,20,24). The minimum absolute atomic E-state index is 0.104. The molecule has 0 saturated heterocycles. The van der Waals surface area contributed by atoms with Crippen LogP contribution >= 0.6 is 0 Å². The van der Waals surface area contributed by atoms with Crippen LogP contribution in [0.5, 0.6) is 5.75 Å². The molecule has 0 spiro atoms. The molecule has 0 radical (unpaired) electrons. The number of nitro groups is 1. The molecule has 2 aromatic carbocycles. The lowest BCUT2D eigenvalue weighted by Gasteiger charge is -2.06. The number of aromatic amines is 1. The monoisotopic (exact) mass is 367 g/mol. The summed E-state index contributed by atoms with van der Waals surface area (Å²) in [6.07, 6.45) is 1.92. The molecule has 1 heterocycles. The zero-order valence-corrected chi connectivity index (χ0v) is 14.5. The maximum Gasteiger partial charge on any atom is 0.292 e. The fraction of sp³-hybridized carbons (Fsp3) is 0.158. The number of H-pyrrole nitrogens is 1. The number of benzene rings is 2. The fourth-order valence-corrected chi connectivity index (χ4v) is 2.76. The third kappa shape index (κ3) is 3.95. The van der Waals surface area contributed by atoms with Gasteiger partial charge in [0.05, 0.1) is 17.6 Å². The third-order valence-electron chi connectivity index (χ3n) is 4.16. The summed E-state index contributed by atoms with van der Waals surface area (Å²) in [4.78, 5) is 37.8. The van der Waals surface area contributed by atoms with Crippen LogP contribution in [-0.4, -0.2) is 35.3 Å². The summed E-state index contributed by atoms with van der Waals surface area (Å²) in [5.41, 5.74) is 1.47. The topological polar surface area (TPSA) is 114 Å². The van der Waals surface area contributed by atoms with E-state index in [4.69, 9.17) is 4.74 Å². The van der Waals surface area contributed by atoms with E-state index in [1.807, 2.05) is 24.3 Å². The Labute approximate surface area is 154 Å². The first kappa shape index (κ1) is 18.1. The van der Waals surface area contributed by atoms with Crippen molar-refractivity contribution >= 4 is 28.3 Å². The molecule has 138 valence electrons. The number of hydrogen-bond acceptors (Lipinski definition) is 5. The second kappa shape index (κ2) is 7.69. The number of nitrogens with one attached hydrogen (secondary N) is 2. The van der Waals surface area contributed by atoms with Gasteiger partial charge in [-0.05, 0) is 30.2 Å². The first-order chi connectivity index (χ1) is 13.0. The number of carbonyl (C=O) groups excluding carboxylic acids is 2. The molecule has 1 amide bonds. The van der Waals surface area contributed by atoms with E-state index < -0.39 is 16.6 Å². The second-order valence-corrected chi connectivity index (χ2v) is 5.88. The van der Waals surface area contributed by atoms with Crippen LogP contribution in [0.15, 0.2) is 48.7 Å². The predicted molar refractivity (Wildman–Crippen MR) is 99.0 cm³/mol. The van der Waals surface area contributed by atoms with Gasteiger partial charge >= 0.3 is 0 Å². The van der Waals surface area contributed by atoms with E-state index in [1.165, 1.54) is 24.4 Å². The normalized spacial score (nSPS) is 10.6. The first-order valence-electron chi connectivity index (χ1n) is 8.20. The van der Waals surface area contributed by atoms with Crippen molar-refractivity contribution in [2.24, 2.45) is 0 Å². The molecule has 0 aliphatic heterocycles. The summed E-state index contributed by atoms with van der Waals surface area (Å²) in [6.45, 7) is 0.278. The van der Waals surface area contributed by atoms with Gasteiger partial charge in [-0.3, -0.25) is 19.7 Å². The summed E-state index contributed by atoms with van der Waals surface area (Å²) in [5, 5.41) is 13.9. The Morgan fingerprint density at radius 1 is 1.22 bits per heavy atom. The van der Waals surface area contributed by atoms with Crippen LogP contribution in [0.25, 0.3) is 10.9 Å². The van der Waals surface area contributed by atoms with Crippen molar-refractivity contribution in [1.29, 1.82) is 0 Å². The summed E-state index contributed by atoms with van der Waals surface area (Å²) < 4.78 is 5.14. The third-order valence-corrected chi connectivity index (χ3v) is 4.16. The number of ketones is 1. The molecule has 3 aromatic rings. The van der Waals surface area contributed by atoms with Crippen LogP contribution in [0.2, 0.25) is 0 Å². The number of non-ortho nitro benzene ring substituents is 1. The fourth-order valence-electron chi connectivity index (χ4n) is 2.76. The summed E-state index contributed by atoms with van der Waals surface area (Å²) in [6, 6.07) is 11.5. The van der Waals surface area contributed by atoms with E-state index in [0.717, 1.165) is 11.3 Å². The Bertz CT molecular complexity index is 1030. The van der Waals surface area contributed by atoms with Crippen LogP contribution in [0.1, 0.15) is 15.9 Å².